The molecule has 1 N–H and O–H groups in total. The minimum atomic E-state index is -3.41. The molecule has 4 aromatic rings. The molecule has 0 radical (unpaired) electrons. The predicted molar refractivity (Wildman–Crippen MR) is 112 cm³/mol. The molecule has 0 aliphatic heterocycles. The zero-order valence-electron chi connectivity index (χ0n) is 16.2. The Morgan fingerprint density at radius 1 is 1.00 bits per heavy atom. The van der Waals surface area contributed by atoms with Crippen molar-refractivity contribution >= 4 is 15.8 Å². The van der Waals surface area contributed by atoms with E-state index in [0.717, 1.165) is 6.26 Å². The summed E-state index contributed by atoms with van der Waals surface area (Å²) in [6, 6.07) is 15.2. The average molecular weight is 436 g/mol. The number of benzene rings is 2. The van der Waals surface area contributed by atoms with Crippen LogP contribution in [0.4, 0.5) is 0 Å². The van der Waals surface area contributed by atoms with Crippen molar-refractivity contribution < 1.29 is 18.3 Å². The fraction of sp³-hybridized carbons (Fsp3) is 0.0476. The number of carboxylic acid groups (broad SMARTS) is 1. The molecule has 0 unspecified atom stereocenters. The van der Waals surface area contributed by atoms with Crippen LogP contribution in [0.5, 0.6) is 0 Å². The van der Waals surface area contributed by atoms with Crippen molar-refractivity contribution in [1.82, 2.24) is 19.6 Å². The molecule has 2 heterocycles. The summed E-state index contributed by atoms with van der Waals surface area (Å²) in [6.45, 7) is 0. The highest BCUT2D eigenvalue weighted by Gasteiger charge is 2.15. The molecular weight excluding hydrogens is 420 g/mol. The second-order valence-corrected chi connectivity index (χ2v) is 8.74. The zero-order valence-corrected chi connectivity index (χ0v) is 17.0. The molecule has 0 spiro atoms. The van der Waals surface area contributed by atoms with E-state index in [1.54, 1.807) is 30.3 Å². The van der Waals surface area contributed by atoms with E-state index >= 15 is 0 Å². The van der Waals surface area contributed by atoms with E-state index < -0.39 is 15.8 Å². The van der Waals surface area contributed by atoms with Gasteiger partial charge in [0.1, 0.15) is 0 Å². The van der Waals surface area contributed by atoms with Crippen LogP contribution in [0.2, 0.25) is 0 Å². The monoisotopic (exact) mass is 436 g/mol. The second kappa shape index (κ2) is 7.65. The number of rotatable bonds is 5. The van der Waals surface area contributed by atoms with Gasteiger partial charge in [-0.1, -0.05) is 6.07 Å². The Bertz CT molecular complexity index is 1450. The number of aromatic carboxylic acids is 1. The topological polar surface area (TPSA) is 124 Å². The quantitative estimate of drug-likeness (QED) is 0.508. The molecule has 0 saturated heterocycles. The fourth-order valence-corrected chi connectivity index (χ4v) is 3.68. The Balaban J connectivity index is 1.80. The van der Waals surface area contributed by atoms with Crippen molar-refractivity contribution in [3.8, 4) is 22.8 Å². The maximum absolute atomic E-state index is 12.6. The van der Waals surface area contributed by atoms with Crippen LogP contribution < -0.4 is 5.43 Å². The van der Waals surface area contributed by atoms with Crippen molar-refractivity contribution in [2.45, 2.75) is 4.90 Å². The molecule has 31 heavy (non-hydrogen) atoms. The third kappa shape index (κ3) is 4.01. The Morgan fingerprint density at radius 2 is 1.74 bits per heavy atom. The highest BCUT2D eigenvalue weighted by Crippen LogP contribution is 2.20. The van der Waals surface area contributed by atoms with Gasteiger partial charge in [-0.2, -0.15) is 10.2 Å². The first-order valence-corrected chi connectivity index (χ1v) is 10.9. The summed E-state index contributed by atoms with van der Waals surface area (Å²) in [4.78, 5) is 23.8. The number of carbonyl (C=O) groups is 1. The zero-order chi connectivity index (χ0) is 22.2. The van der Waals surface area contributed by atoms with E-state index in [1.165, 1.54) is 52.1 Å². The lowest BCUT2D eigenvalue weighted by Gasteiger charge is -2.10. The molecule has 0 amide bonds. The lowest BCUT2D eigenvalue weighted by atomic mass is 10.2. The summed E-state index contributed by atoms with van der Waals surface area (Å²) in [6.07, 6.45) is 4.07. The van der Waals surface area contributed by atoms with E-state index in [2.05, 4.69) is 10.2 Å². The number of hydrogen-bond acceptors (Lipinski definition) is 6. The maximum Gasteiger partial charge on any atom is 0.335 e. The molecular formula is C21H16N4O5S. The van der Waals surface area contributed by atoms with Crippen molar-refractivity contribution in [3.05, 3.63) is 88.8 Å². The normalized spacial score (nSPS) is 11.4. The van der Waals surface area contributed by atoms with Crippen LogP contribution in [0.1, 0.15) is 10.4 Å². The summed E-state index contributed by atoms with van der Waals surface area (Å²) < 4.78 is 26.6. The second-order valence-electron chi connectivity index (χ2n) is 6.72. The smallest absolute Gasteiger partial charge is 0.335 e. The maximum atomic E-state index is 12.6. The van der Waals surface area contributed by atoms with Gasteiger partial charge in [-0.05, 0) is 48.5 Å². The SMILES string of the molecule is CS(=O)(=O)c1cccc(-n2ccc(=O)c(-c3ccnn3-c3ccc(C(=O)O)cc3)n2)c1. The summed E-state index contributed by atoms with van der Waals surface area (Å²) >= 11 is 0. The van der Waals surface area contributed by atoms with Crippen LogP contribution >= 0.6 is 0 Å². The van der Waals surface area contributed by atoms with E-state index in [1.807, 2.05) is 0 Å². The van der Waals surface area contributed by atoms with Gasteiger partial charge in [0.05, 0.1) is 33.7 Å². The van der Waals surface area contributed by atoms with Crippen LogP contribution in [0.3, 0.4) is 0 Å². The molecule has 0 aliphatic carbocycles. The fourth-order valence-electron chi connectivity index (χ4n) is 3.02. The molecule has 156 valence electrons. The molecule has 0 bridgehead atoms. The molecule has 10 heteroatoms. The number of carboxylic acids is 1. The van der Waals surface area contributed by atoms with E-state index in [4.69, 9.17) is 5.11 Å². The predicted octanol–water partition coefficient (Wildman–Crippen LogP) is 2.19. The van der Waals surface area contributed by atoms with Gasteiger partial charge in [-0.15, -0.1) is 0 Å². The Labute approximate surface area is 176 Å². The average Bonchev–Trinajstić information content (AvgIpc) is 3.23. The lowest BCUT2D eigenvalue weighted by Crippen LogP contribution is -2.15. The van der Waals surface area contributed by atoms with Crippen LogP contribution in [-0.2, 0) is 9.84 Å². The van der Waals surface area contributed by atoms with Crippen molar-refractivity contribution in [3.63, 3.8) is 0 Å². The Hall–Kier alpha value is -4.05. The molecule has 9 nitrogen and oxygen atoms in total. The first-order valence-electron chi connectivity index (χ1n) is 9.03. The van der Waals surface area contributed by atoms with Gasteiger partial charge in [-0.3, -0.25) is 4.79 Å². The molecule has 2 aromatic carbocycles. The first-order chi connectivity index (χ1) is 14.7. The molecule has 0 saturated carbocycles. The molecule has 0 aliphatic rings. The molecule has 0 fully saturated rings. The molecule has 2 aromatic heterocycles. The largest absolute Gasteiger partial charge is 0.478 e. The van der Waals surface area contributed by atoms with Gasteiger partial charge in [0.15, 0.2) is 15.5 Å². The van der Waals surface area contributed by atoms with Crippen molar-refractivity contribution in [1.29, 1.82) is 0 Å². The number of sulfone groups is 1. The summed E-state index contributed by atoms with van der Waals surface area (Å²) in [7, 11) is -3.41. The molecule has 0 atom stereocenters. The summed E-state index contributed by atoms with van der Waals surface area (Å²) in [5, 5.41) is 17.7. The first kappa shape index (κ1) is 20.2. The van der Waals surface area contributed by atoms with Crippen LogP contribution in [0, 0.1) is 0 Å². The minimum absolute atomic E-state index is 0.104. The summed E-state index contributed by atoms with van der Waals surface area (Å²) in [5.74, 6) is -1.05. The van der Waals surface area contributed by atoms with Gasteiger partial charge in [-0.25, -0.2) is 22.6 Å². The lowest BCUT2D eigenvalue weighted by molar-refractivity contribution is 0.0697. The number of nitrogens with zero attached hydrogens (tertiary/aromatic N) is 4. The van der Waals surface area contributed by atoms with Crippen LogP contribution in [0.15, 0.2) is 82.7 Å². The Kier molecular flexibility index (Phi) is 4.99. The van der Waals surface area contributed by atoms with Crippen molar-refractivity contribution in [2.75, 3.05) is 6.26 Å². The third-order valence-electron chi connectivity index (χ3n) is 4.56. The highest BCUT2D eigenvalue weighted by molar-refractivity contribution is 7.90. The van der Waals surface area contributed by atoms with E-state index in [0.29, 0.717) is 17.1 Å². The van der Waals surface area contributed by atoms with Crippen LogP contribution in [-0.4, -0.2) is 45.3 Å². The number of aromatic nitrogens is 4. The van der Waals surface area contributed by atoms with Gasteiger partial charge in [0.25, 0.3) is 0 Å². The van der Waals surface area contributed by atoms with E-state index in [-0.39, 0.29) is 21.6 Å². The van der Waals surface area contributed by atoms with Gasteiger partial charge < -0.3 is 5.11 Å². The highest BCUT2D eigenvalue weighted by atomic mass is 32.2. The van der Waals surface area contributed by atoms with E-state index in [9.17, 15) is 18.0 Å². The van der Waals surface area contributed by atoms with Gasteiger partial charge >= 0.3 is 5.97 Å². The Morgan fingerprint density at radius 3 is 2.42 bits per heavy atom. The van der Waals surface area contributed by atoms with Gasteiger partial charge in [0, 0.05) is 18.5 Å². The van der Waals surface area contributed by atoms with Crippen LogP contribution in [0.25, 0.3) is 22.8 Å². The van der Waals surface area contributed by atoms with Crippen molar-refractivity contribution in [2.24, 2.45) is 0 Å². The molecule has 4 rings (SSSR count). The third-order valence-corrected chi connectivity index (χ3v) is 5.67. The summed E-state index contributed by atoms with van der Waals surface area (Å²) in [5.41, 5.74) is 1.32. The standard InChI is InChI=1S/C21H16N4O5S/c1-31(29,30)17-4-2-3-16(13-17)24-12-10-19(26)20(23-24)18-9-11-22-25(18)15-7-5-14(6-8-15)21(27)28/h2-13H,1H3,(H,27,28). The van der Waals surface area contributed by atoms with Gasteiger partial charge in [0.2, 0.25) is 5.43 Å². The minimum Gasteiger partial charge on any atom is -0.478 e. The number of hydrogen-bond donors (Lipinski definition) is 1.